The molecule has 1 fully saturated rings. The van der Waals surface area contributed by atoms with Crippen LogP contribution in [0.25, 0.3) is 39.0 Å². The Morgan fingerprint density at radius 1 is 1.16 bits per heavy atom. The van der Waals surface area contributed by atoms with E-state index in [1.165, 1.54) is 0 Å². The van der Waals surface area contributed by atoms with Gasteiger partial charge in [0.2, 0.25) is 0 Å². The summed E-state index contributed by atoms with van der Waals surface area (Å²) in [6.45, 7) is 10.1. The average molecular weight is 430 g/mol. The monoisotopic (exact) mass is 429 g/mol. The van der Waals surface area contributed by atoms with E-state index < -0.39 is 0 Å². The number of hydrogen-bond donors (Lipinski definition) is 1. The van der Waals surface area contributed by atoms with E-state index in [1.807, 2.05) is 44.3 Å². The Kier molecular flexibility index (Phi) is 5.31. The predicted molar refractivity (Wildman–Crippen MR) is 125 cm³/mol. The van der Waals surface area contributed by atoms with Gasteiger partial charge in [-0.2, -0.15) is 0 Å². The van der Waals surface area contributed by atoms with E-state index in [-0.39, 0.29) is 5.76 Å². The SMILES string of the molecule is C=C(O)c1ccc(-c2cn(CC3CCOCC3)c3cc(-c4c(C)noc4C)cnc23)cc1. The van der Waals surface area contributed by atoms with Crippen molar-refractivity contribution in [3.63, 3.8) is 0 Å². The first-order chi connectivity index (χ1) is 15.5. The lowest BCUT2D eigenvalue weighted by molar-refractivity contribution is 0.0616. The fraction of sp³-hybridized carbons (Fsp3) is 0.308. The molecule has 0 saturated carbocycles. The summed E-state index contributed by atoms with van der Waals surface area (Å²) in [5.41, 5.74) is 7.79. The number of aliphatic hydroxyl groups is 1. The van der Waals surface area contributed by atoms with Crippen molar-refractivity contribution in [2.75, 3.05) is 13.2 Å². The number of aromatic nitrogens is 3. The zero-order chi connectivity index (χ0) is 22.2. The van der Waals surface area contributed by atoms with Gasteiger partial charge in [-0.05, 0) is 44.2 Å². The minimum Gasteiger partial charge on any atom is -0.508 e. The third kappa shape index (κ3) is 3.71. The van der Waals surface area contributed by atoms with Crippen molar-refractivity contribution >= 4 is 16.8 Å². The number of pyridine rings is 1. The summed E-state index contributed by atoms with van der Waals surface area (Å²) < 4.78 is 13.3. The number of aliphatic hydroxyl groups excluding tert-OH is 1. The van der Waals surface area contributed by atoms with E-state index in [4.69, 9.17) is 14.2 Å². The van der Waals surface area contributed by atoms with Gasteiger partial charge in [0.15, 0.2) is 0 Å². The number of aryl methyl sites for hydroxylation is 2. The Bertz CT molecular complexity index is 1260. The van der Waals surface area contributed by atoms with Crippen molar-refractivity contribution < 1.29 is 14.4 Å². The standard InChI is InChI=1S/C26H27N3O3/c1-16-25(18(3)32-28-16)22-12-24-26(27-13-22)23(21-6-4-20(5-7-21)17(2)30)15-29(24)14-19-8-10-31-11-9-19/h4-7,12-13,15,19,30H,2,8-11,14H2,1,3H3. The first-order valence-corrected chi connectivity index (χ1v) is 11.0. The van der Waals surface area contributed by atoms with Gasteiger partial charge in [-0.3, -0.25) is 4.98 Å². The number of benzene rings is 1. The quantitative estimate of drug-likeness (QED) is 0.398. The van der Waals surface area contributed by atoms with Crippen LogP contribution in [0.2, 0.25) is 0 Å². The van der Waals surface area contributed by atoms with E-state index >= 15 is 0 Å². The number of fused-ring (bicyclic) bond motifs is 1. The van der Waals surface area contributed by atoms with Crippen LogP contribution in [-0.4, -0.2) is 33.0 Å². The molecule has 3 aromatic heterocycles. The van der Waals surface area contributed by atoms with Crippen molar-refractivity contribution in [2.24, 2.45) is 5.92 Å². The van der Waals surface area contributed by atoms with Gasteiger partial charge in [0.25, 0.3) is 0 Å². The molecule has 0 aliphatic carbocycles. The minimum absolute atomic E-state index is 0.0701. The van der Waals surface area contributed by atoms with Crippen molar-refractivity contribution in [3.05, 3.63) is 66.3 Å². The predicted octanol–water partition coefficient (Wildman–Crippen LogP) is 5.93. The number of rotatable bonds is 5. The Balaban J connectivity index is 1.63. The first kappa shape index (κ1) is 20.5. The van der Waals surface area contributed by atoms with Crippen molar-refractivity contribution in [3.8, 4) is 22.3 Å². The molecule has 0 atom stereocenters. The number of ether oxygens (including phenoxy) is 1. The lowest BCUT2D eigenvalue weighted by Gasteiger charge is -2.22. The van der Waals surface area contributed by atoms with Crippen LogP contribution in [0.15, 0.2) is 53.8 Å². The van der Waals surface area contributed by atoms with Crippen LogP contribution >= 0.6 is 0 Å². The van der Waals surface area contributed by atoms with E-state index in [2.05, 4.69) is 28.6 Å². The maximum atomic E-state index is 9.68. The van der Waals surface area contributed by atoms with Gasteiger partial charge in [-0.15, -0.1) is 0 Å². The summed E-state index contributed by atoms with van der Waals surface area (Å²) in [4.78, 5) is 4.89. The van der Waals surface area contributed by atoms with Crippen LogP contribution < -0.4 is 0 Å². The molecule has 0 bridgehead atoms. The van der Waals surface area contributed by atoms with E-state index in [0.29, 0.717) is 11.5 Å². The van der Waals surface area contributed by atoms with Crippen LogP contribution in [0, 0.1) is 19.8 Å². The highest BCUT2D eigenvalue weighted by Crippen LogP contribution is 2.35. The molecule has 1 saturated heterocycles. The minimum atomic E-state index is 0.0701. The number of nitrogens with zero attached hydrogens (tertiary/aromatic N) is 3. The smallest absolute Gasteiger partial charge is 0.141 e. The maximum Gasteiger partial charge on any atom is 0.141 e. The highest BCUT2D eigenvalue weighted by atomic mass is 16.5. The van der Waals surface area contributed by atoms with Gasteiger partial charge < -0.3 is 18.9 Å². The fourth-order valence-electron chi connectivity index (χ4n) is 4.61. The number of hydrogen-bond acceptors (Lipinski definition) is 5. The third-order valence-corrected chi connectivity index (χ3v) is 6.36. The maximum absolute atomic E-state index is 9.68. The summed E-state index contributed by atoms with van der Waals surface area (Å²) in [6.07, 6.45) is 6.24. The van der Waals surface area contributed by atoms with Crippen LogP contribution in [0.4, 0.5) is 0 Å². The lowest BCUT2D eigenvalue weighted by atomic mass is 10.0. The highest BCUT2D eigenvalue weighted by molar-refractivity contribution is 5.95. The van der Waals surface area contributed by atoms with Gasteiger partial charge >= 0.3 is 0 Å². The molecule has 1 N–H and O–H groups in total. The zero-order valence-electron chi connectivity index (χ0n) is 18.5. The molecule has 6 nitrogen and oxygen atoms in total. The molecule has 4 aromatic rings. The van der Waals surface area contributed by atoms with Gasteiger partial charge in [0.1, 0.15) is 11.5 Å². The first-order valence-electron chi connectivity index (χ1n) is 11.0. The van der Waals surface area contributed by atoms with Crippen LogP contribution in [0.1, 0.15) is 29.9 Å². The van der Waals surface area contributed by atoms with Crippen molar-refractivity contribution in [1.29, 1.82) is 0 Å². The topological polar surface area (TPSA) is 73.3 Å². The summed E-state index contributed by atoms with van der Waals surface area (Å²) in [7, 11) is 0. The van der Waals surface area contributed by atoms with Crippen LogP contribution in [0.5, 0.6) is 0 Å². The van der Waals surface area contributed by atoms with Gasteiger partial charge in [-0.25, -0.2) is 0 Å². The molecule has 32 heavy (non-hydrogen) atoms. The molecule has 1 aliphatic rings. The molecule has 1 aromatic carbocycles. The molecule has 6 heteroatoms. The molecule has 1 aliphatic heterocycles. The summed E-state index contributed by atoms with van der Waals surface area (Å²) in [5, 5.41) is 13.8. The van der Waals surface area contributed by atoms with Crippen LogP contribution in [0.3, 0.4) is 0 Å². The molecule has 164 valence electrons. The third-order valence-electron chi connectivity index (χ3n) is 6.36. The van der Waals surface area contributed by atoms with Crippen molar-refractivity contribution in [1.82, 2.24) is 14.7 Å². The highest BCUT2D eigenvalue weighted by Gasteiger charge is 2.20. The average Bonchev–Trinajstić information content (AvgIpc) is 3.33. The molecule has 5 rings (SSSR count). The van der Waals surface area contributed by atoms with Gasteiger partial charge in [0, 0.05) is 54.4 Å². The summed E-state index contributed by atoms with van der Waals surface area (Å²) >= 11 is 0. The molecule has 0 amide bonds. The second kappa shape index (κ2) is 8.28. The lowest BCUT2D eigenvalue weighted by Crippen LogP contribution is -2.20. The second-order valence-corrected chi connectivity index (χ2v) is 8.57. The van der Waals surface area contributed by atoms with Crippen LogP contribution in [-0.2, 0) is 11.3 Å². The summed E-state index contributed by atoms with van der Waals surface area (Å²) in [6, 6.07) is 9.99. The van der Waals surface area contributed by atoms with Crippen molar-refractivity contribution in [2.45, 2.75) is 33.2 Å². The molecular formula is C26H27N3O3. The molecule has 0 spiro atoms. The molecule has 0 unspecified atom stereocenters. The largest absolute Gasteiger partial charge is 0.508 e. The normalized spacial score (nSPS) is 14.8. The van der Waals surface area contributed by atoms with Gasteiger partial charge in [0.05, 0.1) is 16.7 Å². The Morgan fingerprint density at radius 3 is 2.56 bits per heavy atom. The van der Waals surface area contributed by atoms with E-state index in [9.17, 15) is 5.11 Å². The Morgan fingerprint density at radius 2 is 1.91 bits per heavy atom. The molecule has 0 radical (unpaired) electrons. The van der Waals surface area contributed by atoms with E-state index in [1.54, 1.807) is 0 Å². The molecule has 4 heterocycles. The zero-order valence-corrected chi connectivity index (χ0v) is 18.5. The second-order valence-electron chi connectivity index (χ2n) is 8.57. The van der Waals surface area contributed by atoms with Gasteiger partial charge in [-0.1, -0.05) is 36.0 Å². The summed E-state index contributed by atoms with van der Waals surface area (Å²) in [5.74, 6) is 1.45. The fourth-order valence-corrected chi connectivity index (χ4v) is 4.61. The molecular weight excluding hydrogens is 402 g/mol. The van der Waals surface area contributed by atoms with E-state index in [0.717, 1.165) is 77.3 Å². The Hall–Kier alpha value is -3.38. The Labute approximate surface area is 187 Å².